The molecule has 7 heteroatoms. The fourth-order valence-electron chi connectivity index (χ4n) is 2.40. The highest BCUT2D eigenvalue weighted by atomic mass is 16.6. The Balaban J connectivity index is 1.87. The molecule has 0 bridgehead atoms. The van der Waals surface area contributed by atoms with Crippen LogP contribution in [-0.4, -0.2) is 38.1 Å². The highest BCUT2D eigenvalue weighted by Crippen LogP contribution is 2.17. The van der Waals surface area contributed by atoms with E-state index in [2.05, 4.69) is 12.0 Å². The molecule has 1 amide bonds. The molecular weight excluding hydrogens is 248 g/mol. The Kier molecular flexibility index (Phi) is 4.13. The van der Waals surface area contributed by atoms with Crippen LogP contribution in [0.3, 0.4) is 0 Å². The van der Waals surface area contributed by atoms with Gasteiger partial charge in [0.25, 0.3) is 0 Å². The molecule has 1 atom stereocenters. The van der Waals surface area contributed by atoms with E-state index in [0.717, 1.165) is 19.4 Å². The zero-order valence-electron chi connectivity index (χ0n) is 11.0. The maximum atomic E-state index is 12.1. The van der Waals surface area contributed by atoms with Gasteiger partial charge >= 0.3 is 5.82 Å². The van der Waals surface area contributed by atoms with Crippen LogP contribution in [0.15, 0.2) is 12.3 Å². The van der Waals surface area contributed by atoms with Crippen molar-refractivity contribution in [1.82, 2.24) is 14.7 Å². The first-order valence-corrected chi connectivity index (χ1v) is 6.55. The number of rotatable bonds is 4. The van der Waals surface area contributed by atoms with Gasteiger partial charge in [0.1, 0.15) is 0 Å². The second-order valence-corrected chi connectivity index (χ2v) is 4.88. The van der Waals surface area contributed by atoms with Gasteiger partial charge in [-0.25, -0.2) is 0 Å². The number of piperidine rings is 1. The van der Waals surface area contributed by atoms with Crippen molar-refractivity contribution in [2.45, 2.75) is 45.2 Å². The third kappa shape index (κ3) is 3.30. The second kappa shape index (κ2) is 5.81. The van der Waals surface area contributed by atoms with Crippen molar-refractivity contribution in [3.63, 3.8) is 0 Å². The minimum absolute atomic E-state index is 0.102. The van der Waals surface area contributed by atoms with Crippen LogP contribution >= 0.6 is 0 Å². The first kappa shape index (κ1) is 13.5. The summed E-state index contributed by atoms with van der Waals surface area (Å²) in [5.74, 6) is -0.0795. The zero-order valence-corrected chi connectivity index (χ0v) is 11.0. The first-order chi connectivity index (χ1) is 9.08. The highest BCUT2D eigenvalue weighted by molar-refractivity contribution is 5.76. The van der Waals surface area contributed by atoms with Crippen molar-refractivity contribution in [2.75, 3.05) is 6.54 Å². The number of aromatic nitrogens is 2. The Morgan fingerprint density at radius 2 is 2.37 bits per heavy atom. The second-order valence-electron chi connectivity index (χ2n) is 4.88. The Hall–Kier alpha value is -1.92. The number of nitro groups is 1. The number of aryl methyl sites for hydroxylation is 1. The Morgan fingerprint density at radius 1 is 1.58 bits per heavy atom. The van der Waals surface area contributed by atoms with Gasteiger partial charge in [0.15, 0.2) is 0 Å². The lowest BCUT2D eigenvalue weighted by Gasteiger charge is -2.33. The summed E-state index contributed by atoms with van der Waals surface area (Å²) < 4.78 is 1.45. The average Bonchev–Trinajstić information content (AvgIpc) is 2.85. The molecule has 1 aromatic rings. The summed E-state index contributed by atoms with van der Waals surface area (Å²) in [7, 11) is 0. The van der Waals surface area contributed by atoms with Gasteiger partial charge in [0.05, 0.1) is 23.9 Å². The van der Waals surface area contributed by atoms with Gasteiger partial charge in [0.2, 0.25) is 5.91 Å². The maximum Gasteiger partial charge on any atom is 0.389 e. The van der Waals surface area contributed by atoms with Crippen LogP contribution in [0.2, 0.25) is 0 Å². The zero-order chi connectivity index (χ0) is 13.8. The van der Waals surface area contributed by atoms with Crippen LogP contribution in [-0.2, 0) is 11.3 Å². The van der Waals surface area contributed by atoms with E-state index in [1.54, 1.807) is 0 Å². The SMILES string of the molecule is C[C@H]1CCCCN1C(=O)CCn1ccc([N+](=O)[O-])n1. The molecule has 0 saturated carbocycles. The van der Waals surface area contributed by atoms with Gasteiger partial charge < -0.3 is 15.0 Å². The van der Waals surface area contributed by atoms with Crippen LogP contribution in [0.4, 0.5) is 5.82 Å². The lowest BCUT2D eigenvalue weighted by atomic mass is 10.0. The lowest BCUT2D eigenvalue weighted by molar-refractivity contribution is -0.389. The summed E-state index contributed by atoms with van der Waals surface area (Å²) in [5, 5.41) is 14.3. The van der Waals surface area contributed by atoms with Crippen molar-refractivity contribution in [3.8, 4) is 0 Å². The average molecular weight is 266 g/mol. The van der Waals surface area contributed by atoms with E-state index in [4.69, 9.17) is 0 Å². The summed E-state index contributed by atoms with van der Waals surface area (Å²) in [6, 6.07) is 1.64. The number of amides is 1. The summed E-state index contributed by atoms with van der Waals surface area (Å²) in [4.78, 5) is 23.9. The molecule has 0 aliphatic carbocycles. The van der Waals surface area contributed by atoms with Gasteiger partial charge in [0, 0.05) is 19.0 Å². The molecular formula is C12H18N4O3. The van der Waals surface area contributed by atoms with E-state index in [-0.39, 0.29) is 11.7 Å². The highest BCUT2D eigenvalue weighted by Gasteiger charge is 2.23. The van der Waals surface area contributed by atoms with E-state index < -0.39 is 4.92 Å². The van der Waals surface area contributed by atoms with Crippen molar-refractivity contribution in [3.05, 3.63) is 22.4 Å². The molecule has 1 aliphatic heterocycles. The van der Waals surface area contributed by atoms with Crippen LogP contribution in [0, 0.1) is 10.1 Å². The van der Waals surface area contributed by atoms with Gasteiger partial charge in [-0.1, -0.05) is 0 Å². The number of hydrogen-bond acceptors (Lipinski definition) is 4. The quantitative estimate of drug-likeness (QED) is 0.612. The van der Waals surface area contributed by atoms with Crippen molar-refractivity contribution < 1.29 is 9.72 Å². The minimum Gasteiger partial charge on any atom is -0.358 e. The number of hydrogen-bond donors (Lipinski definition) is 0. The molecule has 19 heavy (non-hydrogen) atoms. The number of carbonyl (C=O) groups is 1. The molecule has 2 heterocycles. The Labute approximate surface area is 111 Å². The number of likely N-dealkylation sites (tertiary alicyclic amines) is 1. The third-order valence-electron chi connectivity index (χ3n) is 3.49. The van der Waals surface area contributed by atoms with E-state index in [9.17, 15) is 14.9 Å². The van der Waals surface area contributed by atoms with Gasteiger partial charge in [-0.05, 0) is 31.1 Å². The Morgan fingerprint density at radius 3 is 3.00 bits per heavy atom. The lowest BCUT2D eigenvalue weighted by Crippen LogP contribution is -2.42. The maximum absolute atomic E-state index is 12.1. The molecule has 0 spiro atoms. The van der Waals surface area contributed by atoms with Crippen LogP contribution in [0.5, 0.6) is 0 Å². The predicted molar refractivity (Wildman–Crippen MR) is 68.5 cm³/mol. The van der Waals surface area contributed by atoms with Gasteiger partial charge in [-0.15, -0.1) is 0 Å². The molecule has 1 saturated heterocycles. The monoisotopic (exact) mass is 266 g/mol. The normalized spacial score (nSPS) is 19.4. The predicted octanol–water partition coefficient (Wildman–Crippen LogP) is 1.58. The largest absolute Gasteiger partial charge is 0.389 e. The first-order valence-electron chi connectivity index (χ1n) is 6.55. The number of carbonyl (C=O) groups excluding carboxylic acids is 1. The molecule has 0 unspecified atom stereocenters. The molecule has 0 radical (unpaired) electrons. The summed E-state index contributed by atoms with van der Waals surface area (Å²) in [5.41, 5.74) is 0. The molecule has 0 N–H and O–H groups in total. The molecule has 1 fully saturated rings. The van der Waals surface area contributed by atoms with Crippen molar-refractivity contribution in [2.24, 2.45) is 0 Å². The van der Waals surface area contributed by atoms with Crippen LogP contribution < -0.4 is 0 Å². The molecule has 0 aromatic carbocycles. The van der Waals surface area contributed by atoms with Crippen molar-refractivity contribution >= 4 is 11.7 Å². The van der Waals surface area contributed by atoms with Crippen LogP contribution in [0.25, 0.3) is 0 Å². The van der Waals surface area contributed by atoms with Gasteiger partial charge in [-0.2, -0.15) is 4.68 Å². The molecule has 1 aromatic heterocycles. The van der Waals surface area contributed by atoms with E-state index in [0.29, 0.717) is 19.0 Å². The topological polar surface area (TPSA) is 81.3 Å². The van der Waals surface area contributed by atoms with E-state index >= 15 is 0 Å². The van der Waals surface area contributed by atoms with Gasteiger partial charge in [-0.3, -0.25) is 4.79 Å². The minimum atomic E-state index is -0.537. The molecule has 104 valence electrons. The standard InChI is InChI=1S/C12H18N4O3/c1-10-4-2-3-7-15(10)12(17)6-9-14-8-5-11(13-14)16(18)19/h5,8,10H,2-4,6-7,9H2,1H3/t10-/m0/s1. The fraction of sp³-hybridized carbons (Fsp3) is 0.667. The molecule has 1 aliphatic rings. The summed E-state index contributed by atoms with van der Waals surface area (Å²) >= 11 is 0. The Bertz CT molecular complexity index is 471. The van der Waals surface area contributed by atoms with E-state index in [1.807, 2.05) is 4.90 Å². The third-order valence-corrected chi connectivity index (χ3v) is 3.49. The van der Waals surface area contributed by atoms with Crippen molar-refractivity contribution in [1.29, 1.82) is 0 Å². The number of nitrogens with zero attached hydrogens (tertiary/aromatic N) is 4. The van der Waals surface area contributed by atoms with Crippen LogP contribution in [0.1, 0.15) is 32.6 Å². The molecule has 2 rings (SSSR count). The summed E-state index contributed by atoms with van der Waals surface area (Å²) in [6.07, 6.45) is 5.16. The summed E-state index contributed by atoms with van der Waals surface area (Å²) in [6.45, 7) is 3.27. The van der Waals surface area contributed by atoms with E-state index in [1.165, 1.54) is 23.4 Å². The fourth-order valence-corrected chi connectivity index (χ4v) is 2.40. The molecule has 7 nitrogen and oxygen atoms in total. The smallest absolute Gasteiger partial charge is 0.358 e.